The van der Waals surface area contributed by atoms with Gasteiger partial charge in [-0.3, -0.25) is 9.59 Å². The fraction of sp³-hybridized carbons (Fsp3) is 0.429. The molecule has 1 amide bonds. The highest BCUT2D eigenvalue weighted by Gasteiger charge is 2.39. The van der Waals surface area contributed by atoms with Crippen LogP contribution in [-0.4, -0.2) is 31.1 Å². The molecule has 1 saturated heterocycles. The van der Waals surface area contributed by atoms with Gasteiger partial charge in [-0.1, -0.05) is 18.2 Å². The van der Waals surface area contributed by atoms with Gasteiger partial charge in [-0.25, -0.2) is 0 Å². The van der Waals surface area contributed by atoms with Crippen molar-refractivity contribution >= 4 is 17.6 Å². The number of carbonyl (C=O) groups is 2. The number of esters is 1. The average molecular weight is 262 g/mol. The van der Waals surface area contributed by atoms with Gasteiger partial charge in [-0.05, 0) is 19.1 Å². The quantitative estimate of drug-likeness (QED) is 0.819. The highest BCUT2D eigenvalue weighted by Crippen LogP contribution is 2.26. The van der Waals surface area contributed by atoms with E-state index in [4.69, 9.17) is 10.5 Å². The molecule has 0 aliphatic carbocycles. The topological polar surface area (TPSA) is 72.6 Å². The summed E-state index contributed by atoms with van der Waals surface area (Å²) in [7, 11) is 0. The summed E-state index contributed by atoms with van der Waals surface area (Å²) in [6.07, 6.45) is 0.185. The van der Waals surface area contributed by atoms with Gasteiger partial charge in [-0.2, -0.15) is 0 Å². The number of rotatable bonds is 4. The Morgan fingerprint density at radius 3 is 2.74 bits per heavy atom. The first-order chi connectivity index (χ1) is 9.13. The molecule has 1 aliphatic heterocycles. The van der Waals surface area contributed by atoms with Crippen LogP contribution >= 0.6 is 0 Å². The summed E-state index contributed by atoms with van der Waals surface area (Å²) in [6, 6.07) is 8.71. The third kappa shape index (κ3) is 2.93. The van der Waals surface area contributed by atoms with Crippen molar-refractivity contribution in [1.29, 1.82) is 0 Å². The van der Waals surface area contributed by atoms with Gasteiger partial charge >= 0.3 is 5.97 Å². The zero-order chi connectivity index (χ0) is 13.8. The minimum Gasteiger partial charge on any atom is -0.466 e. The summed E-state index contributed by atoms with van der Waals surface area (Å²) >= 11 is 0. The highest BCUT2D eigenvalue weighted by molar-refractivity contribution is 6.00. The number of ether oxygens (including phenoxy) is 1. The van der Waals surface area contributed by atoms with Crippen molar-refractivity contribution in [3.63, 3.8) is 0 Å². The molecule has 1 heterocycles. The van der Waals surface area contributed by atoms with Crippen LogP contribution in [0.3, 0.4) is 0 Å². The summed E-state index contributed by atoms with van der Waals surface area (Å²) in [5.74, 6) is -0.627. The minimum absolute atomic E-state index is 0.138. The van der Waals surface area contributed by atoms with E-state index in [1.165, 1.54) is 0 Å². The molecule has 0 radical (unpaired) electrons. The number of nitrogens with two attached hydrogens (primary N) is 1. The summed E-state index contributed by atoms with van der Waals surface area (Å²) in [4.78, 5) is 25.2. The third-order valence-corrected chi connectivity index (χ3v) is 3.28. The molecule has 0 bridgehead atoms. The van der Waals surface area contributed by atoms with Crippen LogP contribution in [0, 0.1) is 5.92 Å². The molecule has 1 aromatic rings. The van der Waals surface area contributed by atoms with E-state index in [2.05, 4.69) is 0 Å². The number of benzene rings is 1. The number of carbonyl (C=O) groups excluding carboxylic acids is 2. The van der Waals surface area contributed by atoms with Gasteiger partial charge in [0.25, 0.3) is 0 Å². The number of para-hydroxylation sites is 1. The molecule has 0 saturated carbocycles. The van der Waals surface area contributed by atoms with Crippen LogP contribution in [0.1, 0.15) is 13.3 Å². The van der Waals surface area contributed by atoms with E-state index < -0.39 is 6.04 Å². The van der Waals surface area contributed by atoms with Crippen molar-refractivity contribution < 1.29 is 14.3 Å². The van der Waals surface area contributed by atoms with Gasteiger partial charge in [0.2, 0.25) is 5.91 Å². The second kappa shape index (κ2) is 5.84. The molecule has 5 heteroatoms. The summed E-state index contributed by atoms with van der Waals surface area (Å²) in [6.45, 7) is 2.56. The lowest BCUT2D eigenvalue weighted by Crippen LogP contribution is -2.36. The van der Waals surface area contributed by atoms with Crippen LogP contribution in [0.5, 0.6) is 0 Å². The monoisotopic (exact) mass is 262 g/mol. The second-order valence-electron chi connectivity index (χ2n) is 4.58. The highest BCUT2D eigenvalue weighted by atomic mass is 16.5. The Balaban J connectivity index is 2.07. The molecule has 0 unspecified atom stereocenters. The Kier molecular flexibility index (Phi) is 4.16. The molecule has 2 rings (SSSR count). The molecule has 1 aromatic carbocycles. The lowest BCUT2D eigenvalue weighted by Gasteiger charge is -2.16. The fourth-order valence-electron chi connectivity index (χ4n) is 2.29. The molecule has 102 valence electrons. The SMILES string of the molecule is CCOC(=O)C[C@@H]1CN(c2ccccc2)C(=O)[C@@H]1N. The molecular formula is C14H18N2O3. The summed E-state index contributed by atoms with van der Waals surface area (Å²) in [5, 5.41) is 0. The van der Waals surface area contributed by atoms with E-state index in [9.17, 15) is 9.59 Å². The number of hydrogen-bond donors (Lipinski definition) is 1. The summed E-state index contributed by atoms with van der Waals surface area (Å²) in [5.41, 5.74) is 6.71. The number of hydrogen-bond acceptors (Lipinski definition) is 4. The van der Waals surface area contributed by atoms with Crippen molar-refractivity contribution in [1.82, 2.24) is 0 Å². The van der Waals surface area contributed by atoms with Crippen molar-refractivity contribution in [2.24, 2.45) is 11.7 Å². The van der Waals surface area contributed by atoms with Gasteiger partial charge in [0.1, 0.15) is 0 Å². The van der Waals surface area contributed by atoms with Crippen LogP contribution in [-0.2, 0) is 14.3 Å². The fourth-order valence-corrected chi connectivity index (χ4v) is 2.29. The van der Waals surface area contributed by atoms with Gasteiger partial charge in [0, 0.05) is 18.2 Å². The van der Waals surface area contributed by atoms with Gasteiger partial charge in [0.05, 0.1) is 19.1 Å². The maximum atomic E-state index is 12.1. The molecule has 0 spiro atoms. The van der Waals surface area contributed by atoms with Crippen LogP contribution < -0.4 is 10.6 Å². The predicted molar refractivity (Wildman–Crippen MR) is 71.5 cm³/mol. The van der Waals surface area contributed by atoms with E-state index in [1.807, 2.05) is 30.3 Å². The van der Waals surface area contributed by atoms with Crippen molar-refractivity contribution in [2.45, 2.75) is 19.4 Å². The van der Waals surface area contributed by atoms with Crippen LogP contribution in [0.15, 0.2) is 30.3 Å². The minimum atomic E-state index is -0.635. The van der Waals surface area contributed by atoms with Crippen molar-refractivity contribution in [3.05, 3.63) is 30.3 Å². The molecule has 2 N–H and O–H groups in total. The Bertz CT molecular complexity index is 461. The van der Waals surface area contributed by atoms with Crippen LogP contribution in [0.2, 0.25) is 0 Å². The molecule has 2 atom stereocenters. The Labute approximate surface area is 112 Å². The average Bonchev–Trinajstić information content (AvgIpc) is 2.68. The van der Waals surface area contributed by atoms with E-state index in [0.29, 0.717) is 13.2 Å². The standard InChI is InChI=1S/C14H18N2O3/c1-2-19-12(17)8-10-9-16(14(18)13(10)15)11-6-4-3-5-7-11/h3-7,10,13H,2,8-9,15H2,1H3/t10-,13-/m1/s1. The smallest absolute Gasteiger partial charge is 0.306 e. The molecule has 1 fully saturated rings. The number of nitrogens with zero attached hydrogens (tertiary/aromatic N) is 1. The van der Waals surface area contributed by atoms with Crippen molar-refractivity contribution in [3.8, 4) is 0 Å². The van der Waals surface area contributed by atoms with Gasteiger partial charge in [-0.15, -0.1) is 0 Å². The zero-order valence-corrected chi connectivity index (χ0v) is 10.9. The Morgan fingerprint density at radius 1 is 1.42 bits per heavy atom. The zero-order valence-electron chi connectivity index (χ0n) is 10.9. The number of anilines is 1. The van der Waals surface area contributed by atoms with Crippen LogP contribution in [0.4, 0.5) is 5.69 Å². The van der Waals surface area contributed by atoms with Crippen molar-refractivity contribution in [2.75, 3.05) is 18.1 Å². The molecular weight excluding hydrogens is 244 g/mol. The maximum absolute atomic E-state index is 12.1. The molecule has 19 heavy (non-hydrogen) atoms. The Hall–Kier alpha value is -1.88. The largest absolute Gasteiger partial charge is 0.466 e. The second-order valence-corrected chi connectivity index (χ2v) is 4.58. The lowest BCUT2D eigenvalue weighted by molar-refractivity contribution is -0.144. The summed E-state index contributed by atoms with van der Waals surface area (Å²) < 4.78 is 4.90. The van der Waals surface area contributed by atoms with E-state index in [1.54, 1.807) is 11.8 Å². The van der Waals surface area contributed by atoms with Gasteiger partial charge < -0.3 is 15.4 Å². The Morgan fingerprint density at radius 2 is 2.11 bits per heavy atom. The van der Waals surface area contributed by atoms with E-state index >= 15 is 0 Å². The third-order valence-electron chi connectivity index (χ3n) is 3.28. The first-order valence-corrected chi connectivity index (χ1v) is 6.41. The molecule has 0 aromatic heterocycles. The first-order valence-electron chi connectivity index (χ1n) is 6.41. The lowest BCUT2D eigenvalue weighted by atomic mass is 10.0. The maximum Gasteiger partial charge on any atom is 0.306 e. The predicted octanol–water partition coefficient (Wildman–Crippen LogP) is 0.930. The first kappa shape index (κ1) is 13.5. The van der Waals surface area contributed by atoms with E-state index in [-0.39, 0.29) is 24.2 Å². The normalized spacial score (nSPS) is 22.6. The van der Waals surface area contributed by atoms with Gasteiger partial charge in [0.15, 0.2) is 0 Å². The van der Waals surface area contributed by atoms with Crippen LogP contribution in [0.25, 0.3) is 0 Å². The molecule has 1 aliphatic rings. The molecule has 5 nitrogen and oxygen atoms in total. The van der Waals surface area contributed by atoms with E-state index in [0.717, 1.165) is 5.69 Å². The number of amides is 1.